The molecule has 2 N–H and O–H groups in total. The van der Waals surface area contributed by atoms with Crippen LogP contribution in [0.3, 0.4) is 0 Å². The number of primary amides is 1. The first kappa shape index (κ1) is 15.8. The second-order valence-corrected chi connectivity index (χ2v) is 7.99. The molecule has 5 rings (SSSR count). The Morgan fingerprint density at radius 2 is 1.96 bits per heavy atom. The van der Waals surface area contributed by atoms with Gasteiger partial charge in [-0.25, -0.2) is 9.97 Å². The van der Waals surface area contributed by atoms with E-state index in [4.69, 9.17) is 15.7 Å². The number of nitrogens with zero attached hydrogens (tertiary/aromatic N) is 3. The molecule has 6 heteroatoms. The topological polar surface area (TPSA) is 72.1 Å². The van der Waals surface area contributed by atoms with Crippen molar-refractivity contribution < 1.29 is 4.79 Å². The Bertz CT molecular complexity index is 980. The van der Waals surface area contributed by atoms with E-state index in [1.54, 1.807) is 11.3 Å². The summed E-state index contributed by atoms with van der Waals surface area (Å²) in [6.45, 7) is 0.813. The van der Waals surface area contributed by atoms with E-state index in [0.29, 0.717) is 5.92 Å². The average molecular weight is 364 g/mol. The summed E-state index contributed by atoms with van der Waals surface area (Å²) in [7, 11) is 0. The molecule has 1 aliphatic carbocycles. The lowest BCUT2D eigenvalue weighted by atomic mass is 10.1. The fourth-order valence-corrected chi connectivity index (χ4v) is 4.77. The second kappa shape index (κ2) is 6.06. The molecule has 1 saturated heterocycles. The molecular formula is C20H20N4OS. The number of rotatable bonds is 4. The van der Waals surface area contributed by atoms with E-state index >= 15 is 0 Å². The first-order chi connectivity index (χ1) is 12.7. The quantitative estimate of drug-likeness (QED) is 0.766. The zero-order valence-electron chi connectivity index (χ0n) is 14.4. The standard InChI is InChI=1S/C20H20N4OS/c21-17(25)15-7-4-10-24(15)19-16-14(12-5-2-1-3-6-12)11-26-20(16)23-18(22-19)13-8-9-13/h1-3,5-6,11,13,15H,4,7-10H2,(H2,21,25)/t15-/m1/s1. The molecule has 1 atom stereocenters. The van der Waals surface area contributed by atoms with E-state index in [1.165, 1.54) is 0 Å². The highest BCUT2D eigenvalue weighted by Gasteiger charge is 2.34. The Morgan fingerprint density at radius 3 is 2.69 bits per heavy atom. The number of carbonyl (C=O) groups is 1. The molecule has 26 heavy (non-hydrogen) atoms. The Morgan fingerprint density at radius 1 is 1.15 bits per heavy atom. The summed E-state index contributed by atoms with van der Waals surface area (Å²) < 4.78 is 0. The second-order valence-electron chi connectivity index (χ2n) is 7.13. The number of anilines is 1. The summed E-state index contributed by atoms with van der Waals surface area (Å²) in [6.07, 6.45) is 4.06. The molecule has 3 aromatic rings. The summed E-state index contributed by atoms with van der Waals surface area (Å²) >= 11 is 1.66. The molecule has 5 nitrogen and oxygen atoms in total. The van der Waals surface area contributed by atoms with Crippen molar-refractivity contribution in [3.8, 4) is 11.1 Å². The highest BCUT2D eigenvalue weighted by Crippen LogP contribution is 2.44. The molecule has 1 aliphatic heterocycles. The van der Waals surface area contributed by atoms with E-state index < -0.39 is 0 Å². The molecule has 1 aromatic carbocycles. The van der Waals surface area contributed by atoms with Crippen LogP contribution in [0.25, 0.3) is 21.3 Å². The van der Waals surface area contributed by atoms with Crippen LogP contribution in [0.1, 0.15) is 37.4 Å². The third-order valence-corrected chi connectivity index (χ3v) is 6.18. The van der Waals surface area contributed by atoms with Crippen molar-refractivity contribution >= 4 is 33.3 Å². The van der Waals surface area contributed by atoms with Crippen molar-refractivity contribution in [2.45, 2.75) is 37.6 Å². The molecule has 0 radical (unpaired) electrons. The minimum atomic E-state index is -0.274. The zero-order chi connectivity index (χ0) is 17.7. The van der Waals surface area contributed by atoms with Gasteiger partial charge in [0, 0.05) is 23.4 Å². The molecule has 2 aromatic heterocycles. The maximum absolute atomic E-state index is 12.0. The lowest BCUT2D eigenvalue weighted by Gasteiger charge is -2.25. The van der Waals surface area contributed by atoms with Crippen molar-refractivity contribution in [3.63, 3.8) is 0 Å². The van der Waals surface area contributed by atoms with Gasteiger partial charge in [0.25, 0.3) is 0 Å². The van der Waals surface area contributed by atoms with Gasteiger partial charge in [0.2, 0.25) is 5.91 Å². The fourth-order valence-electron chi connectivity index (χ4n) is 3.82. The smallest absolute Gasteiger partial charge is 0.240 e. The monoisotopic (exact) mass is 364 g/mol. The highest BCUT2D eigenvalue weighted by molar-refractivity contribution is 7.17. The molecule has 1 amide bonds. The summed E-state index contributed by atoms with van der Waals surface area (Å²) in [5, 5.41) is 3.21. The van der Waals surface area contributed by atoms with Crippen LogP contribution in [0.2, 0.25) is 0 Å². The minimum absolute atomic E-state index is 0.265. The van der Waals surface area contributed by atoms with E-state index in [0.717, 1.165) is 65.2 Å². The molecule has 2 fully saturated rings. The predicted molar refractivity (Wildman–Crippen MR) is 104 cm³/mol. The Kier molecular flexibility index (Phi) is 3.67. The predicted octanol–water partition coefficient (Wildman–Crippen LogP) is 3.69. The van der Waals surface area contributed by atoms with Gasteiger partial charge < -0.3 is 10.6 Å². The van der Waals surface area contributed by atoms with Crippen LogP contribution in [-0.4, -0.2) is 28.5 Å². The number of benzene rings is 1. The van der Waals surface area contributed by atoms with Gasteiger partial charge in [-0.2, -0.15) is 0 Å². The SMILES string of the molecule is NC(=O)[C@H]1CCCN1c1nc(C2CC2)nc2scc(-c3ccccc3)c12. The number of hydrogen-bond acceptors (Lipinski definition) is 5. The molecule has 0 bridgehead atoms. The number of nitrogens with two attached hydrogens (primary N) is 1. The number of hydrogen-bond donors (Lipinski definition) is 1. The number of carbonyl (C=O) groups excluding carboxylic acids is 1. The molecule has 0 unspecified atom stereocenters. The van der Waals surface area contributed by atoms with Gasteiger partial charge in [0.05, 0.1) is 5.39 Å². The first-order valence-electron chi connectivity index (χ1n) is 9.13. The minimum Gasteiger partial charge on any atom is -0.368 e. The maximum atomic E-state index is 12.0. The number of thiophene rings is 1. The lowest BCUT2D eigenvalue weighted by Crippen LogP contribution is -2.41. The average Bonchev–Trinajstić information content (AvgIpc) is 3.23. The third kappa shape index (κ3) is 2.56. The van der Waals surface area contributed by atoms with Gasteiger partial charge in [0.15, 0.2) is 0 Å². The van der Waals surface area contributed by atoms with Crippen LogP contribution in [0.5, 0.6) is 0 Å². The highest BCUT2D eigenvalue weighted by atomic mass is 32.1. The molecule has 0 spiro atoms. The van der Waals surface area contributed by atoms with Crippen LogP contribution in [0.4, 0.5) is 5.82 Å². The van der Waals surface area contributed by atoms with Crippen LogP contribution in [0, 0.1) is 0 Å². The van der Waals surface area contributed by atoms with E-state index in [1.807, 2.05) is 18.2 Å². The van der Waals surface area contributed by atoms with Crippen molar-refractivity contribution in [1.29, 1.82) is 0 Å². The van der Waals surface area contributed by atoms with Gasteiger partial charge in [-0.15, -0.1) is 11.3 Å². The van der Waals surface area contributed by atoms with Crippen LogP contribution in [-0.2, 0) is 4.79 Å². The van der Waals surface area contributed by atoms with Crippen molar-refractivity contribution in [3.05, 3.63) is 41.5 Å². The molecule has 3 heterocycles. The molecule has 2 aliphatic rings. The lowest BCUT2D eigenvalue weighted by molar-refractivity contribution is -0.119. The van der Waals surface area contributed by atoms with Crippen molar-refractivity contribution in [1.82, 2.24) is 9.97 Å². The maximum Gasteiger partial charge on any atom is 0.240 e. The summed E-state index contributed by atoms with van der Waals surface area (Å²) in [6, 6.07) is 10.0. The van der Waals surface area contributed by atoms with Crippen molar-refractivity contribution in [2.24, 2.45) is 5.73 Å². The summed E-state index contributed by atoms with van der Waals surface area (Å²) in [4.78, 5) is 24.9. The van der Waals surface area contributed by atoms with Gasteiger partial charge in [-0.1, -0.05) is 30.3 Å². The van der Waals surface area contributed by atoms with Crippen LogP contribution < -0.4 is 10.6 Å². The fraction of sp³-hybridized carbons (Fsp3) is 0.350. The van der Waals surface area contributed by atoms with Gasteiger partial charge in [-0.05, 0) is 31.2 Å². The number of amides is 1. The number of aromatic nitrogens is 2. The van der Waals surface area contributed by atoms with Gasteiger partial charge in [-0.3, -0.25) is 4.79 Å². The van der Waals surface area contributed by atoms with Crippen molar-refractivity contribution in [2.75, 3.05) is 11.4 Å². The normalized spacial score (nSPS) is 20.0. The summed E-state index contributed by atoms with van der Waals surface area (Å²) in [5.74, 6) is 2.01. The van der Waals surface area contributed by atoms with Crippen LogP contribution in [0.15, 0.2) is 35.7 Å². The summed E-state index contributed by atoms with van der Waals surface area (Å²) in [5.41, 5.74) is 7.97. The Labute approximate surface area is 155 Å². The first-order valence-corrected chi connectivity index (χ1v) is 10.0. The van der Waals surface area contributed by atoms with E-state index in [-0.39, 0.29) is 11.9 Å². The third-order valence-electron chi connectivity index (χ3n) is 5.31. The number of fused-ring (bicyclic) bond motifs is 1. The van der Waals surface area contributed by atoms with E-state index in [2.05, 4.69) is 22.4 Å². The van der Waals surface area contributed by atoms with E-state index in [9.17, 15) is 4.79 Å². The molecule has 1 saturated carbocycles. The van der Waals surface area contributed by atoms with Crippen LogP contribution >= 0.6 is 11.3 Å². The largest absolute Gasteiger partial charge is 0.368 e. The van der Waals surface area contributed by atoms with Gasteiger partial charge >= 0.3 is 0 Å². The van der Waals surface area contributed by atoms with Gasteiger partial charge in [0.1, 0.15) is 22.5 Å². The molecular weight excluding hydrogens is 344 g/mol. The Hall–Kier alpha value is -2.47. The Balaban J connectivity index is 1.73. The molecule has 132 valence electrons. The zero-order valence-corrected chi connectivity index (χ0v) is 15.2.